The van der Waals surface area contributed by atoms with Crippen LogP contribution in [0.2, 0.25) is 0 Å². The molecule has 0 aliphatic heterocycles. The Hall–Kier alpha value is -3.89. The van der Waals surface area contributed by atoms with Crippen LogP contribution in [0.25, 0.3) is 22.3 Å². The molecule has 4 aromatic rings. The third-order valence-corrected chi connectivity index (χ3v) is 6.16. The number of benzene rings is 4. The molecule has 0 atom stereocenters. The summed E-state index contributed by atoms with van der Waals surface area (Å²) in [5.74, 6) is 1.71. The van der Waals surface area contributed by atoms with Crippen LogP contribution in [0.1, 0.15) is 21.5 Å². The summed E-state index contributed by atoms with van der Waals surface area (Å²) in [6.07, 6.45) is 0.346. The van der Waals surface area contributed by atoms with Gasteiger partial charge in [-0.3, -0.25) is 4.79 Å². The van der Waals surface area contributed by atoms with Crippen LogP contribution in [0, 0.1) is 6.92 Å². The fourth-order valence-electron chi connectivity index (χ4n) is 4.11. The van der Waals surface area contributed by atoms with Crippen LogP contribution in [-0.4, -0.2) is 45.0 Å². The summed E-state index contributed by atoms with van der Waals surface area (Å²) in [6, 6.07) is 30.2. The molecule has 4 heteroatoms. The molecule has 0 heterocycles. The van der Waals surface area contributed by atoms with E-state index in [4.69, 9.17) is 9.47 Å². The fraction of sp³-hybridized carbons (Fsp3) is 0.219. The molecule has 0 radical (unpaired) electrons. The first-order chi connectivity index (χ1) is 17.4. The topological polar surface area (TPSA) is 38.8 Å². The predicted octanol–water partition coefficient (Wildman–Crippen LogP) is 6.70. The van der Waals surface area contributed by atoms with Crippen molar-refractivity contribution in [3.8, 4) is 33.8 Å². The highest BCUT2D eigenvalue weighted by atomic mass is 16.5. The number of ketones is 1. The van der Waals surface area contributed by atoms with Gasteiger partial charge in [0.2, 0.25) is 0 Å². The molecule has 0 bridgehead atoms. The largest absolute Gasteiger partial charge is 0.496 e. The number of Topliss-reactive ketones (excluding diaryl/α,β-unsaturated/α-hetero) is 1. The van der Waals surface area contributed by atoms with Gasteiger partial charge < -0.3 is 14.4 Å². The minimum absolute atomic E-state index is 0.0820. The van der Waals surface area contributed by atoms with E-state index in [9.17, 15) is 4.79 Å². The molecule has 0 unspecified atom stereocenters. The lowest BCUT2D eigenvalue weighted by molar-refractivity contribution is 0.0993. The molecule has 0 aliphatic carbocycles. The van der Waals surface area contributed by atoms with E-state index in [1.807, 2.05) is 68.7 Å². The Morgan fingerprint density at radius 2 is 1.50 bits per heavy atom. The van der Waals surface area contributed by atoms with Crippen molar-refractivity contribution < 1.29 is 14.3 Å². The highest BCUT2D eigenvalue weighted by Gasteiger charge is 2.13. The average Bonchev–Trinajstić information content (AvgIpc) is 2.89. The summed E-state index contributed by atoms with van der Waals surface area (Å²) < 4.78 is 11.3. The minimum atomic E-state index is 0.0820. The first-order valence-corrected chi connectivity index (χ1v) is 12.2. The molecule has 0 aliphatic rings. The summed E-state index contributed by atoms with van der Waals surface area (Å²) in [6.45, 7) is 3.60. The van der Waals surface area contributed by atoms with Crippen LogP contribution in [0.4, 0.5) is 0 Å². The number of hydrogen-bond acceptors (Lipinski definition) is 4. The Bertz CT molecular complexity index is 1310. The van der Waals surface area contributed by atoms with E-state index in [0.717, 1.165) is 51.4 Å². The number of methoxy groups -OCH3 is 1. The number of nitrogens with zero attached hydrogens (tertiary/aromatic N) is 1. The first-order valence-electron chi connectivity index (χ1n) is 12.2. The Morgan fingerprint density at radius 1 is 0.806 bits per heavy atom. The van der Waals surface area contributed by atoms with E-state index < -0.39 is 0 Å². The average molecular weight is 480 g/mol. The zero-order valence-electron chi connectivity index (χ0n) is 21.5. The lowest BCUT2D eigenvalue weighted by atomic mass is 9.96. The van der Waals surface area contributed by atoms with E-state index >= 15 is 0 Å². The van der Waals surface area contributed by atoms with Crippen molar-refractivity contribution in [3.05, 3.63) is 108 Å². The number of likely N-dealkylation sites (N-methyl/N-ethyl adjacent to an activating group) is 1. The van der Waals surface area contributed by atoms with Gasteiger partial charge in [0.1, 0.15) is 18.1 Å². The number of aryl methyl sites for hydroxylation is 1. The zero-order chi connectivity index (χ0) is 25.5. The highest BCUT2D eigenvalue weighted by Crippen LogP contribution is 2.32. The Kier molecular flexibility index (Phi) is 8.19. The SMILES string of the molecule is COc1ccc(C(=O)Cc2ccc(-c3ccc(OCCN(C)C)cc3)cc2)cc1-c1cccc(C)c1. The van der Waals surface area contributed by atoms with Crippen molar-refractivity contribution in [2.75, 3.05) is 34.4 Å². The van der Waals surface area contributed by atoms with Crippen molar-refractivity contribution in [1.82, 2.24) is 4.90 Å². The van der Waals surface area contributed by atoms with Gasteiger partial charge in [0.25, 0.3) is 0 Å². The molecule has 0 saturated heterocycles. The summed E-state index contributed by atoms with van der Waals surface area (Å²) in [5.41, 5.74) is 7.03. The van der Waals surface area contributed by atoms with Gasteiger partial charge in [-0.25, -0.2) is 0 Å². The fourth-order valence-corrected chi connectivity index (χ4v) is 4.11. The van der Waals surface area contributed by atoms with Crippen LogP contribution in [0.15, 0.2) is 91.0 Å². The smallest absolute Gasteiger partial charge is 0.167 e. The molecule has 0 amide bonds. The van der Waals surface area contributed by atoms with Crippen molar-refractivity contribution in [2.45, 2.75) is 13.3 Å². The number of rotatable bonds is 10. The van der Waals surface area contributed by atoms with E-state index in [1.54, 1.807) is 7.11 Å². The van der Waals surface area contributed by atoms with Gasteiger partial charge in [0.05, 0.1) is 7.11 Å². The lowest BCUT2D eigenvalue weighted by Gasteiger charge is -2.12. The van der Waals surface area contributed by atoms with Crippen LogP contribution in [0.3, 0.4) is 0 Å². The molecule has 4 nitrogen and oxygen atoms in total. The molecular formula is C32H33NO3. The second-order valence-electron chi connectivity index (χ2n) is 9.26. The van der Waals surface area contributed by atoms with E-state index in [1.165, 1.54) is 0 Å². The lowest BCUT2D eigenvalue weighted by Crippen LogP contribution is -2.19. The standard InChI is InChI=1S/C32H33NO3/c1-23-6-5-7-27(20-23)30-22-28(14-17-32(30)35-4)31(34)21-24-8-10-25(11-9-24)26-12-15-29(16-13-26)36-19-18-33(2)3/h5-17,20,22H,18-19,21H2,1-4H3. The Morgan fingerprint density at radius 3 is 2.14 bits per heavy atom. The Balaban J connectivity index is 1.44. The summed E-state index contributed by atoms with van der Waals surface area (Å²) >= 11 is 0. The maximum Gasteiger partial charge on any atom is 0.167 e. The van der Waals surface area contributed by atoms with Crippen LogP contribution < -0.4 is 9.47 Å². The molecule has 36 heavy (non-hydrogen) atoms. The quantitative estimate of drug-likeness (QED) is 0.237. The normalized spacial score (nSPS) is 10.9. The van der Waals surface area contributed by atoms with Crippen LogP contribution >= 0.6 is 0 Å². The van der Waals surface area contributed by atoms with Crippen LogP contribution in [-0.2, 0) is 6.42 Å². The van der Waals surface area contributed by atoms with Gasteiger partial charge in [0, 0.05) is 24.1 Å². The number of carbonyl (C=O) groups is 1. The second kappa shape index (κ2) is 11.7. The molecule has 4 aromatic carbocycles. The first kappa shape index (κ1) is 25.2. The van der Waals surface area contributed by atoms with Gasteiger partial charge in [-0.05, 0) is 73.6 Å². The van der Waals surface area contributed by atoms with Gasteiger partial charge in [-0.1, -0.05) is 66.2 Å². The van der Waals surface area contributed by atoms with Crippen molar-refractivity contribution in [2.24, 2.45) is 0 Å². The summed E-state index contributed by atoms with van der Waals surface area (Å²) in [7, 11) is 5.72. The van der Waals surface area contributed by atoms with E-state index in [2.05, 4.69) is 48.2 Å². The van der Waals surface area contributed by atoms with Gasteiger partial charge in [-0.2, -0.15) is 0 Å². The minimum Gasteiger partial charge on any atom is -0.496 e. The van der Waals surface area contributed by atoms with E-state index in [-0.39, 0.29) is 5.78 Å². The molecule has 0 N–H and O–H groups in total. The number of ether oxygens (including phenoxy) is 2. The number of carbonyl (C=O) groups excluding carboxylic acids is 1. The van der Waals surface area contributed by atoms with Gasteiger partial charge >= 0.3 is 0 Å². The molecule has 0 fully saturated rings. The zero-order valence-corrected chi connectivity index (χ0v) is 21.5. The summed E-state index contributed by atoms with van der Waals surface area (Å²) in [5, 5.41) is 0. The molecule has 184 valence electrons. The second-order valence-corrected chi connectivity index (χ2v) is 9.26. The Labute approximate surface area is 214 Å². The van der Waals surface area contributed by atoms with Crippen molar-refractivity contribution >= 4 is 5.78 Å². The monoisotopic (exact) mass is 479 g/mol. The highest BCUT2D eigenvalue weighted by molar-refractivity contribution is 5.99. The maximum absolute atomic E-state index is 13.1. The molecule has 0 spiro atoms. The maximum atomic E-state index is 13.1. The third-order valence-electron chi connectivity index (χ3n) is 6.16. The molecule has 0 aromatic heterocycles. The predicted molar refractivity (Wildman–Crippen MR) is 147 cm³/mol. The summed E-state index contributed by atoms with van der Waals surface area (Å²) in [4.78, 5) is 15.2. The van der Waals surface area contributed by atoms with Gasteiger partial charge in [0.15, 0.2) is 5.78 Å². The van der Waals surface area contributed by atoms with E-state index in [0.29, 0.717) is 18.6 Å². The van der Waals surface area contributed by atoms with Gasteiger partial charge in [-0.15, -0.1) is 0 Å². The van der Waals surface area contributed by atoms with Crippen LogP contribution in [0.5, 0.6) is 11.5 Å². The molecular weight excluding hydrogens is 446 g/mol. The number of hydrogen-bond donors (Lipinski definition) is 0. The third kappa shape index (κ3) is 6.41. The van der Waals surface area contributed by atoms with Crippen molar-refractivity contribution in [1.29, 1.82) is 0 Å². The van der Waals surface area contributed by atoms with Crippen molar-refractivity contribution in [3.63, 3.8) is 0 Å². The molecule has 0 saturated carbocycles. The molecule has 4 rings (SSSR count).